The first-order valence-corrected chi connectivity index (χ1v) is 13.4. The number of anilines is 1. The van der Waals surface area contributed by atoms with Crippen molar-refractivity contribution in [2.75, 3.05) is 5.32 Å². The van der Waals surface area contributed by atoms with Crippen LogP contribution in [0, 0.1) is 18.3 Å². The van der Waals surface area contributed by atoms with E-state index in [9.17, 15) is 18.4 Å². The molecule has 6 nitrogen and oxygen atoms in total. The quantitative estimate of drug-likeness (QED) is 0.313. The molecule has 2 aliphatic heterocycles. The van der Waals surface area contributed by atoms with Gasteiger partial charge >= 0.3 is 6.18 Å². The predicted molar refractivity (Wildman–Crippen MR) is 139 cm³/mol. The van der Waals surface area contributed by atoms with E-state index in [0.717, 1.165) is 54.5 Å². The standard InChI is InChI=1S/C27H27F3N6S/c1-15-16(5-6-24-22(15)9-18(12-31)34-24)13-36-19-3-2-4-20(36)8-17(7-19)35-25-23-10-21(11-27(28,29)30)37-26(23)33-14-32-25/h5-6,9-10,14,17,19-20,34H,2-4,7-8,11,13H2,1H3,(H,32,33,35). The highest BCUT2D eigenvalue weighted by Crippen LogP contribution is 2.38. The number of hydrogen-bond donors (Lipinski definition) is 2. The van der Waals surface area contributed by atoms with Gasteiger partial charge in [-0.15, -0.1) is 11.3 Å². The third kappa shape index (κ3) is 4.78. The van der Waals surface area contributed by atoms with Crippen LogP contribution in [0.15, 0.2) is 30.6 Å². The number of H-pyrrole nitrogens is 1. The van der Waals surface area contributed by atoms with Crippen molar-refractivity contribution in [2.45, 2.75) is 76.3 Å². The van der Waals surface area contributed by atoms with Crippen LogP contribution in [0.2, 0.25) is 0 Å². The summed E-state index contributed by atoms with van der Waals surface area (Å²) in [5.74, 6) is 0.633. The monoisotopic (exact) mass is 524 g/mol. The average molecular weight is 525 g/mol. The van der Waals surface area contributed by atoms with Crippen molar-refractivity contribution in [3.8, 4) is 6.07 Å². The third-order valence-corrected chi connectivity index (χ3v) is 8.92. The van der Waals surface area contributed by atoms with Gasteiger partial charge in [0.15, 0.2) is 0 Å². The van der Waals surface area contributed by atoms with Gasteiger partial charge < -0.3 is 10.3 Å². The number of benzene rings is 1. The fourth-order valence-corrected chi connectivity index (χ4v) is 7.20. The Morgan fingerprint density at radius 2 is 1.95 bits per heavy atom. The molecule has 0 aliphatic carbocycles. The van der Waals surface area contributed by atoms with E-state index >= 15 is 0 Å². The Morgan fingerprint density at radius 1 is 1.16 bits per heavy atom. The van der Waals surface area contributed by atoms with E-state index in [-0.39, 0.29) is 10.9 Å². The summed E-state index contributed by atoms with van der Waals surface area (Å²) in [5.41, 5.74) is 4.06. The number of thiophene rings is 1. The Labute approximate surface area is 216 Å². The third-order valence-electron chi connectivity index (χ3n) is 7.88. The fourth-order valence-electron chi connectivity index (χ4n) is 6.18. The Bertz CT molecular complexity index is 1490. The minimum atomic E-state index is -4.24. The van der Waals surface area contributed by atoms with Crippen LogP contribution in [0.4, 0.5) is 19.0 Å². The zero-order valence-electron chi connectivity index (χ0n) is 20.4. The minimum absolute atomic E-state index is 0.210. The van der Waals surface area contributed by atoms with Crippen molar-refractivity contribution in [3.63, 3.8) is 0 Å². The molecule has 6 rings (SSSR count). The number of aromatic nitrogens is 3. The Kier molecular flexibility index (Phi) is 6.08. The van der Waals surface area contributed by atoms with Gasteiger partial charge in [-0.25, -0.2) is 9.97 Å². The summed E-state index contributed by atoms with van der Waals surface area (Å²) in [4.78, 5) is 15.3. The van der Waals surface area contributed by atoms with Crippen LogP contribution in [-0.2, 0) is 13.0 Å². The molecule has 5 heterocycles. The van der Waals surface area contributed by atoms with Gasteiger partial charge in [-0.1, -0.05) is 12.5 Å². The van der Waals surface area contributed by atoms with E-state index in [1.807, 2.05) is 6.07 Å². The first-order chi connectivity index (χ1) is 17.8. The molecule has 192 valence electrons. The number of aryl methyl sites for hydroxylation is 1. The first kappa shape index (κ1) is 24.2. The molecule has 2 bridgehead atoms. The van der Waals surface area contributed by atoms with Gasteiger partial charge in [0.1, 0.15) is 28.7 Å². The SMILES string of the molecule is Cc1c(CN2C3CCCC2CC(Nc2ncnc4sc(CC(F)(F)F)cc24)C3)ccc2[nH]c(C#N)cc12. The van der Waals surface area contributed by atoms with Gasteiger partial charge in [0.25, 0.3) is 0 Å². The van der Waals surface area contributed by atoms with Crippen LogP contribution in [0.25, 0.3) is 21.1 Å². The largest absolute Gasteiger partial charge is 0.393 e. The number of aromatic amines is 1. The molecule has 0 spiro atoms. The van der Waals surface area contributed by atoms with Crippen molar-refractivity contribution in [3.05, 3.63) is 52.3 Å². The van der Waals surface area contributed by atoms with Gasteiger partial charge in [-0.2, -0.15) is 18.4 Å². The Balaban J connectivity index is 1.20. The van der Waals surface area contributed by atoms with Gasteiger partial charge in [-0.05, 0) is 61.9 Å². The maximum atomic E-state index is 12.9. The summed E-state index contributed by atoms with van der Waals surface area (Å²) < 4.78 is 38.8. The zero-order valence-corrected chi connectivity index (χ0v) is 21.2. The van der Waals surface area contributed by atoms with E-state index < -0.39 is 12.6 Å². The molecular formula is C27H27F3N6S. The van der Waals surface area contributed by atoms with E-state index in [1.54, 1.807) is 6.07 Å². The number of nitrogens with one attached hydrogen (secondary N) is 2. The number of alkyl halides is 3. The smallest absolute Gasteiger partial charge is 0.367 e. The summed E-state index contributed by atoms with van der Waals surface area (Å²) in [7, 11) is 0. The van der Waals surface area contributed by atoms with E-state index in [0.29, 0.717) is 33.8 Å². The molecule has 2 fully saturated rings. The average Bonchev–Trinajstić information content (AvgIpc) is 3.44. The molecular weight excluding hydrogens is 497 g/mol. The molecule has 2 atom stereocenters. The molecule has 0 saturated carbocycles. The first-order valence-electron chi connectivity index (χ1n) is 12.6. The Hall–Kier alpha value is -3.16. The highest BCUT2D eigenvalue weighted by molar-refractivity contribution is 7.18. The van der Waals surface area contributed by atoms with Crippen molar-refractivity contribution in [1.29, 1.82) is 5.26 Å². The van der Waals surface area contributed by atoms with Crippen LogP contribution in [0.3, 0.4) is 0 Å². The predicted octanol–water partition coefficient (Wildman–Crippen LogP) is 6.46. The van der Waals surface area contributed by atoms with Crippen LogP contribution in [-0.4, -0.2) is 44.2 Å². The maximum Gasteiger partial charge on any atom is 0.393 e. The van der Waals surface area contributed by atoms with Gasteiger partial charge in [0, 0.05) is 40.5 Å². The lowest BCUT2D eigenvalue weighted by molar-refractivity contribution is -0.126. The molecule has 0 amide bonds. The molecule has 2 saturated heterocycles. The molecule has 10 heteroatoms. The lowest BCUT2D eigenvalue weighted by atomic mass is 9.81. The lowest BCUT2D eigenvalue weighted by Crippen LogP contribution is -2.54. The van der Waals surface area contributed by atoms with Gasteiger partial charge in [0.05, 0.1) is 11.8 Å². The van der Waals surface area contributed by atoms with Crippen molar-refractivity contribution >= 4 is 38.3 Å². The van der Waals surface area contributed by atoms with Crippen LogP contribution >= 0.6 is 11.3 Å². The maximum absolute atomic E-state index is 12.9. The second kappa shape index (κ2) is 9.30. The van der Waals surface area contributed by atoms with Crippen LogP contribution in [0.1, 0.15) is 53.8 Å². The lowest BCUT2D eigenvalue weighted by Gasteiger charge is -2.49. The van der Waals surface area contributed by atoms with Gasteiger partial charge in [-0.3, -0.25) is 4.90 Å². The fraction of sp³-hybridized carbons (Fsp3) is 0.444. The number of rotatable bonds is 5. The van der Waals surface area contributed by atoms with E-state index in [2.05, 4.69) is 50.3 Å². The number of hydrogen-bond acceptors (Lipinski definition) is 6. The number of nitrogens with zero attached hydrogens (tertiary/aromatic N) is 4. The molecule has 4 aromatic rings. The van der Waals surface area contributed by atoms with Crippen LogP contribution < -0.4 is 5.32 Å². The van der Waals surface area contributed by atoms with Crippen molar-refractivity contribution in [1.82, 2.24) is 19.9 Å². The second-order valence-electron chi connectivity index (χ2n) is 10.3. The van der Waals surface area contributed by atoms with Crippen molar-refractivity contribution < 1.29 is 13.2 Å². The normalized spacial score (nSPS) is 22.4. The Morgan fingerprint density at radius 3 is 2.68 bits per heavy atom. The molecule has 37 heavy (non-hydrogen) atoms. The second-order valence-corrected chi connectivity index (χ2v) is 11.4. The number of halogens is 3. The highest BCUT2D eigenvalue weighted by Gasteiger charge is 2.38. The van der Waals surface area contributed by atoms with Crippen molar-refractivity contribution in [2.24, 2.45) is 0 Å². The zero-order chi connectivity index (χ0) is 25.7. The molecule has 2 aliphatic rings. The summed E-state index contributed by atoms with van der Waals surface area (Å²) in [6.07, 6.45) is 1.65. The molecule has 1 aromatic carbocycles. The topological polar surface area (TPSA) is 80.6 Å². The van der Waals surface area contributed by atoms with Gasteiger partial charge in [0.2, 0.25) is 0 Å². The molecule has 2 N–H and O–H groups in total. The molecule has 0 radical (unpaired) electrons. The summed E-state index contributed by atoms with van der Waals surface area (Å²) in [6.45, 7) is 3.00. The molecule has 2 unspecified atom stereocenters. The summed E-state index contributed by atoms with van der Waals surface area (Å²) >= 11 is 1.08. The number of fused-ring (bicyclic) bond motifs is 4. The highest BCUT2D eigenvalue weighted by atomic mass is 32.1. The number of piperidine rings is 2. The summed E-state index contributed by atoms with van der Waals surface area (Å²) in [5, 5.41) is 14.6. The number of nitriles is 1. The summed E-state index contributed by atoms with van der Waals surface area (Å²) in [6, 6.07) is 11.0. The van der Waals surface area contributed by atoms with E-state index in [4.69, 9.17) is 0 Å². The minimum Gasteiger partial charge on any atom is -0.367 e. The van der Waals surface area contributed by atoms with E-state index in [1.165, 1.54) is 23.9 Å². The van der Waals surface area contributed by atoms with Crippen LogP contribution in [0.5, 0.6) is 0 Å². The molecule has 3 aromatic heterocycles.